The molecular weight excluding hydrogens is 434 g/mol. The zero-order valence-corrected chi connectivity index (χ0v) is 19.3. The molecule has 33 heavy (non-hydrogen) atoms. The Hall–Kier alpha value is -3.63. The first-order valence-electron chi connectivity index (χ1n) is 10.3. The largest absolute Gasteiger partial charge is 0.481 e. The van der Waals surface area contributed by atoms with E-state index < -0.39 is 60.0 Å². The molecule has 11 nitrogen and oxygen atoms in total. The van der Waals surface area contributed by atoms with Crippen LogP contribution in [0.4, 0.5) is 4.79 Å². The number of aliphatic carboxylic acids is 1. The molecule has 0 aliphatic heterocycles. The maximum atomic E-state index is 12.8. The molecule has 0 radical (unpaired) electrons. The van der Waals surface area contributed by atoms with E-state index in [1.807, 2.05) is 0 Å². The van der Waals surface area contributed by atoms with Gasteiger partial charge in [0.1, 0.15) is 23.7 Å². The number of amides is 3. The van der Waals surface area contributed by atoms with Crippen molar-refractivity contribution in [3.8, 4) is 0 Å². The minimum atomic E-state index is -1.50. The van der Waals surface area contributed by atoms with E-state index in [0.29, 0.717) is 0 Å². The highest BCUT2D eigenvalue weighted by molar-refractivity contribution is 5.94. The number of esters is 1. The summed E-state index contributed by atoms with van der Waals surface area (Å²) < 4.78 is 9.80. The molecule has 1 aromatic rings. The van der Waals surface area contributed by atoms with Gasteiger partial charge in [-0.3, -0.25) is 14.4 Å². The van der Waals surface area contributed by atoms with Crippen LogP contribution in [-0.4, -0.2) is 65.8 Å². The number of carboxylic acids is 1. The van der Waals surface area contributed by atoms with Crippen LogP contribution >= 0.6 is 0 Å². The lowest BCUT2D eigenvalue weighted by molar-refractivity contribution is -0.145. The minimum absolute atomic E-state index is 0.101. The summed E-state index contributed by atoms with van der Waals surface area (Å²) in [6.45, 7) is 6.30. The van der Waals surface area contributed by atoms with E-state index in [1.165, 1.54) is 6.92 Å². The highest BCUT2D eigenvalue weighted by Gasteiger charge is 2.31. The number of carboxylic acid groups (broad SMARTS) is 1. The van der Waals surface area contributed by atoms with Crippen molar-refractivity contribution >= 4 is 29.8 Å². The first-order chi connectivity index (χ1) is 15.3. The van der Waals surface area contributed by atoms with Crippen molar-refractivity contribution < 1.29 is 38.6 Å². The number of carbonyl (C=O) groups excluding carboxylic acids is 4. The number of alkyl carbamates (subject to hydrolysis) is 1. The average Bonchev–Trinajstić information content (AvgIpc) is 2.70. The Balaban J connectivity index is 2.88. The highest BCUT2D eigenvalue weighted by Crippen LogP contribution is 2.08. The second-order valence-electron chi connectivity index (χ2n) is 8.30. The summed E-state index contributed by atoms with van der Waals surface area (Å²) in [6, 6.07) is 5.10. The van der Waals surface area contributed by atoms with Crippen molar-refractivity contribution in [1.29, 1.82) is 0 Å². The quantitative estimate of drug-likeness (QED) is 0.368. The summed E-state index contributed by atoms with van der Waals surface area (Å²) in [7, 11) is 1.16. The van der Waals surface area contributed by atoms with Gasteiger partial charge in [0.25, 0.3) is 0 Å². The van der Waals surface area contributed by atoms with E-state index >= 15 is 0 Å². The fourth-order valence-corrected chi connectivity index (χ4v) is 2.69. The Labute approximate surface area is 192 Å². The Morgan fingerprint density at radius 3 is 2.03 bits per heavy atom. The molecule has 182 valence electrons. The first-order valence-corrected chi connectivity index (χ1v) is 10.3. The Kier molecular flexibility index (Phi) is 10.3. The molecule has 0 unspecified atom stereocenters. The SMILES string of the molecule is COC(=O)[C@H](Cc1ccccc1)NC(=O)[C@H](CC(=O)O)NC(=O)[C@@H](C)NC(=O)OC(C)(C)C. The minimum Gasteiger partial charge on any atom is -0.481 e. The van der Waals surface area contributed by atoms with Gasteiger partial charge in [-0.1, -0.05) is 30.3 Å². The molecular formula is C22H31N3O8. The van der Waals surface area contributed by atoms with Crippen LogP contribution in [0.1, 0.15) is 39.7 Å². The van der Waals surface area contributed by atoms with E-state index in [4.69, 9.17) is 14.6 Å². The number of nitrogens with one attached hydrogen (secondary N) is 3. The molecule has 0 saturated heterocycles. The smallest absolute Gasteiger partial charge is 0.408 e. The number of hydrogen-bond donors (Lipinski definition) is 4. The second-order valence-corrected chi connectivity index (χ2v) is 8.30. The maximum absolute atomic E-state index is 12.8. The number of rotatable bonds is 10. The van der Waals surface area contributed by atoms with Gasteiger partial charge in [-0.2, -0.15) is 0 Å². The highest BCUT2D eigenvalue weighted by atomic mass is 16.6. The van der Waals surface area contributed by atoms with Crippen molar-refractivity contribution in [2.24, 2.45) is 0 Å². The number of methoxy groups -OCH3 is 1. The van der Waals surface area contributed by atoms with Gasteiger partial charge in [0.2, 0.25) is 11.8 Å². The van der Waals surface area contributed by atoms with Gasteiger partial charge in [-0.05, 0) is 33.3 Å². The normalized spacial score (nSPS) is 13.6. The van der Waals surface area contributed by atoms with Crippen LogP contribution in [0, 0.1) is 0 Å². The Bertz CT molecular complexity index is 851. The zero-order chi connectivity index (χ0) is 25.2. The molecule has 11 heteroatoms. The predicted molar refractivity (Wildman–Crippen MR) is 117 cm³/mol. The van der Waals surface area contributed by atoms with Crippen molar-refractivity contribution in [2.45, 2.75) is 64.3 Å². The standard InChI is InChI=1S/C22H31N3O8/c1-13(23-21(31)33-22(2,3)4)18(28)24-15(12-17(26)27)19(29)25-16(20(30)32-5)11-14-9-7-6-8-10-14/h6-10,13,15-16H,11-12H2,1-5H3,(H,23,31)(H,24,28)(H,25,29)(H,26,27)/t13-,15+,16+/m1/s1. The van der Waals surface area contributed by atoms with E-state index in [2.05, 4.69) is 16.0 Å². The van der Waals surface area contributed by atoms with E-state index in [0.717, 1.165) is 12.7 Å². The van der Waals surface area contributed by atoms with Gasteiger partial charge >= 0.3 is 18.0 Å². The van der Waals surface area contributed by atoms with Crippen molar-refractivity contribution in [3.63, 3.8) is 0 Å². The molecule has 0 heterocycles. The first kappa shape index (κ1) is 27.4. The lowest BCUT2D eigenvalue weighted by Crippen LogP contribution is -2.56. The lowest BCUT2D eigenvalue weighted by atomic mass is 10.0. The van der Waals surface area contributed by atoms with Gasteiger partial charge in [0, 0.05) is 6.42 Å². The van der Waals surface area contributed by atoms with E-state index in [9.17, 15) is 24.0 Å². The van der Waals surface area contributed by atoms with Gasteiger partial charge in [-0.25, -0.2) is 9.59 Å². The van der Waals surface area contributed by atoms with Crippen LogP contribution in [0.5, 0.6) is 0 Å². The number of hydrogen-bond acceptors (Lipinski definition) is 7. The molecule has 1 rings (SSSR count). The molecule has 3 atom stereocenters. The van der Waals surface area contributed by atoms with Crippen molar-refractivity contribution in [3.05, 3.63) is 35.9 Å². The Morgan fingerprint density at radius 2 is 1.52 bits per heavy atom. The van der Waals surface area contributed by atoms with Gasteiger partial charge in [0.05, 0.1) is 13.5 Å². The fraction of sp³-hybridized carbons (Fsp3) is 0.500. The lowest BCUT2D eigenvalue weighted by Gasteiger charge is -2.24. The molecule has 4 N–H and O–H groups in total. The summed E-state index contributed by atoms with van der Waals surface area (Å²) in [6.07, 6.45) is -1.49. The van der Waals surface area contributed by atoms with Gasteiger partial charge in [-0.15, -0.1) is 0 Å². The summed E-state index contributed by atoms with van der Waals surface area (Å²) in [4.78, 5) is 60.5. The third-order valence-corrected chi connectivity index (χ3v) is 4.22. The summed E-state index contributed by atoms with van der Waals surface area (Å²) in [5.74, 6) is -3.77. The van der Waals surface area contributed by atoms with E-state index in [-0.39, 0.29) is 6.42 Å². The second kappa shape index (κ2) is 12.4. The predicted octanol–water partition coefficient (Wildman–Crippen LogP) is 0.760. The van der Waals surface area contributed by atoms with Gasteiger partial charge < -0.3 is 30.5 Å². The topological polar surface area (TPSA) is 160 Å². The third kappa shape index (κ3) is 10.5. The van der Waals surface area contributed by atoms with Crippen molar-refractivity contribution in [1.82, 2.24) is 16.0 Å². The van der Waals surface area contributed by atoms with Crippen LogP contribution in [0.2, 0.25) is 0 Å². The van der Waals surface area contributed by atoms with Crippen LogP contribution in [0.15, 0.2) is 30.3 Å². The molecule has 1 aromatic carbocycles. The van der Waals surface area contributed by atoms with Crippen molar-refractivity contribution in [2.75, 3.05) is 7.11 Å². The summed E-state index contributed by atoms with van der Waals surface area (Å²) in [5, 5.41) is 16.2. The maximum Gasteiger partial charge on any atom is 0.408 e. The molecule has 3 amide bonds. The van der Waals surface area contributed by atoms with Crippen LogP contribution in [-0.2, 0) is 35.1 Å². The van der Waals surface area contributed by atoms with Gasteiger partial charge in [0.15, 0.2) is 0 Å². The third-order valence-electron chi connectivity index (χ3n) is 4.22. The molecule has 0 aliphatic carbocycles. The average molecular weight is 466 g/mol. The number of benzene rings is 1. The molecule has 0 saturated carbocycles. The fourth-order valence-electron chi connectivity index (χ4n) is 2.69. The monoisotopic (exact) mass is 465 g/mol. The Morgan fingerprint density at radius 1 is 0.939 bits per heavy atom. The molecule has 0 bridgehead atoms. The summed E-state index contributed by atoms with van der Waals surface area (Å²) in [5.41, 5.74) is -0.0459. The molecule has 0 aromatic heterocycles. The summed E-state index contributed by atoms with van der Waals surface area (Å²) >= 11 is 0. The molecule has 0 aliphatic rings. The number of ether oxygens (including phenoxy) is 2. The van der Waals surface area contributed by atoms with E-state index in [1.54, 1.807) is 51.1 Å². The molecule has 0 fully saturated rings. The zero-order valence-electron chi connectivity index (χ0n) is 19.3. The molecule has 0 spiro atoms. The van der Waals surface area contributed by atoms with Crippen LogP contribution in [0.3, 0.4) is 0 Å². The number of carbonyl (C=O) groups is 5. The van der Waals surface area contributed by atoms with Crippen LogP contribution < -0.4 is 16.0 Å². The van der Waals surface area contributed by atoms with Crippen LogP contribution in [0.25, 0.3) is 0 Å².